The van der Waals surface area contributed by atoms with E-state index in [0.717, 1.165) is 0 Å². The minimum atomic E-state index is -2.09. The molecule has 38 heavy (non-hydrogen) atoms. The zero-order valence-electron chi connectivity index (χ0n) is 20.8. The second-order valence-corrected chi connectivity index (χ2v) is 8.42. The van der Waals surface area contributed by atoms with Crippen LogP contribution >= 0.6 is 0 Å². The fourth-order valence-electron chi connectivity index (χ4n) is 4.77. The molecule has 2 atom stereocenters. The quantitative estimate of drug-likeness (QED) is 0.136. The van der Waals surface area contributed by atoms with Crippen LogP contribution in [-0.4, -0.2) is 47.6 Å². The smallest absolute Gasteiger partial charge is 0.344 e. The maximum Gasteiger partial charge on any atom is 0.344 e. The van der Waals surface area contributed by atoms with Crippen LogP contribution in [0.15, 0.2) is 84.9 Å². The van der Waals surface area contributed by atoms with Gasteiger partial charge in [0.25, 0.3) is 5.69 Å². The van der Waals surface area contributed by atoms with Gasteiger partial charge in [-0.3, -0.25) is 10.1 Å². The molecule has 0 aliphatic carbocycles. The van der Waals surface area contributed by atoms with Gasteiger partial charge in [0.15, 0.2) is 0 Å². The highest BCUT2D eigenvalue weighted by Gasteiger charge is 2.74. The molecule has 196 valence electrons. The van der Waals surface area contributed by atoms with E-state index < -0.39 is 40.3 Å². The summed E-state index contributed by atoms with van der Waals surface area (Å²) in [5.41, 5.74) is -1.57. The number of hydrogen-bond donors (Lipinski definition) is 0. The van der Waals surface area contributed by atoms with E-state index in [2.05, 4.69) is 0 Å². The lowest BCUT2D eigenvalue weighted by Crippen LogP contribution is -2.81. The molecular weight excluding hydrogens is 492 g/mol. The molecule has 0 amide bonds. The molecule has 10 nitrogen and oxygen atoms in total. The molecule has 0 radical (unpaired) electrons. The normalized spacial score (nSPS) is 17.6. The number of para-hydroxylation sites is 1. The number of esters is 3. The first kappa shape index (κ1) is 26.3. The number of nitro benzene ring substituents is 1. The number of nitrogens with zero attached hydrogens (tertiary/aromatic N) is 2. The van der Waals surface area contributed by atoms with Crippen LogP contribution in [-0.2, 0) is 23.9 Å². The summed E-state index contributed by atoms with van der Waals surface area (Å²) in [5.74, 6) is -3.32. The first-order valence-corrected chi connectivity index (χ1v) is 12.1. The average molecular weight is 519 g/mol. The number of rotatable bonds is 9. The lowest BCUT2D eigenvalue weighted by atomic mass is 9.63. The van der Waals surface area contributed by atoms with Gasteiger partial charge in [-0.1, -0.05) is 48.5 Å². The van der Waals surface area contributed by atoms with Crippen LogP contribution in [0.2, 0.25) is 0 Å². The zero-order chi connectivity index (χ0) is 27.3. The SMILES string of the molecule is CCOC(=O)C1(C(=O)OCC)C(c2ccccc2)C(C(=O)Oc2ccccc2)N1c1ccc([N+](=O)[O-])cc1. The molecule has 10 heteroatoms. The van der Waals surface area contributed by atoms with Gasteiger partial charge in [0.1, 0.15) is 11.8 Å². The molecule has 0 aromatic heterocycles. The maximum atomic E-state index is 13.7. The summed E-state index contributed by atoms with van der Waals surface area (Å²) in [4.78, 5) is 53.1. The zero-order valence-corrected chi connectivity index (χ0v) is 20.8. The topological polar surface area (TPSA) is 125 Å². The summed E-state index contributed by atoms with van der Waals surface area (Å²) in [6.07, 6.45) is 0. The minimum absolute atomic E-state index is 0.0330. The maximum absolute atomic E-state index is 13.7. The van der Waals surface area contributed by atoms with E-state index in [1.54, 1.807) is 74.5 Å². The molecule has 0 N–H and O–H groups in total. The van der Waals surface area contributed by atoms with Gasteiger partial charge in [-0.05, 0) is 43.7 Å². The highest BCUT2D eigenvalue weighted by atomic mass is 16.6. The van der Waals surface area contributed by atoms with E-state index in [-0.39, 0.29) is 30.3 Å². The first-order chi connectivity index (χ1) is 18.4. The predicted molar refractivity (Wildman–Crippen MR) is 137 cm³/mol. The summed E-state index contributed by atoms with van der Waals surface area (Å²) in [6, 6.07) is 21.0. The third kappa shape index (κ3) is 4.56. The van der Waals surface area contributed by atoms with Gasteiger partial charge in [-0.2, -0.15) is 0 Å². The molecule has 2 unspecified atom stereocenters. The Hall–Kier alpha value is -4.73. The molecule has 1 heterocycles. The fourth-order valence-corrected chi connectivity index (χ4v) is 4.77. The van der Waals surface area contributed by atoms with E-state index >= 15 is 0 Å². The molecule has 1 aliphatic rings. The van der Waals surface area contributed by atoms with Gasteiger partial charge in [0.2, 0.25) is 5.54 Å². The lowest BCUT2D eigenvalue weighted by molar-refractivity contribution is -0.384. The Balaban J connectivity index is 1.93. The van der Waals surface area contributed by atoms with Crippen molar-refractivity contribution in [2.24, 2.45) is 0 Å². The van der Waals surface area contributed by atoms with Crippen LogP contribution < -0.4 is 9.64 Å². The molecule has 4 rings (SSSR count). The third-order valence-corrected chi connectivity index (χ3v) is 6.30. The van der Waals surface area contributed by atoms with Crippen LogP contribution in [0.1, 0.15) is 25.3 Å². The Kier molecular flexibility index (Phi) is 7.71. The molecule has 0 saturated carbocycles. The first-order valence-electron chi connectivity index (χ1n) is 12.1. The lowest BCUT2D eigenvalue weighted by Gasteiger charge is -2.59. The van der Waals surface area contributed by atoms with Crippen molar-refractivity contribution >= 4 is 29.3 Å². The van der Waals surface area contributed by atoms with Crippen molar-refractivity contribution in [3.63, 3.8) is 0 Å². The van der Waals surface area contributed by atoms with Crippen molar-refractivity contribution in [2.45, 2.75) is 31.3 Å². The Morgan fingerprint density at radius 1 is 0.842 bits per heavy atom. The van der Waals surface area contributed by atoms with Gasteiger partial charge in [-0.25, -0.2) is 14.4 Å². The predicted octanol–water partition coefficient (Wildman–Crippen LogP) is 4.04. The van der Waals surface area contributed by atoms with Gasteiger partial charge in [0.05, 0.1) is 24.1 Å². The van der Waals surface area contributed by atoms with Crippen molar-refractivity contribution in [3.8, 4) is 5.75 Å². The van der Waals surface area contributed by atoms with Crippen molar-refractivity contribution in [2.75, 3.05) is 18.1 Å². The van der Waals surface area contributed by atoms with E-state index in [1.807, 2.05) is 0 Å². The fraction of sp³-hybridized carbons (Fsp3) is 0.250. The highest BCUT2D eigenvalue weighted by molar-refractivity contribution is 6.15. The molecule has 1 aliphatic heterocycles. The third-order valence-electron chi connectivity index (χ3n) is 6.30. The Morgan fingerprint density at radius 2 is 1.37 bits per heavy atom. The largest absolute Gasteiger partial charge is 0.464 e. The Morgan fingerprint density at radius 3 is 1.87 bits per heavy atom. The molecule has 3 aromatic rings. The van der Waals surface area contributed by atoms with E-state index in [0.29, 0.717) is 5.56 Å². The van der Waals surface area contributed by atoms with E-state index in [9.17, 15) is 24.5 Å². The number of anilines is 1. The van der Waals surface area contributed by atoms with Gasteiger partial charge in [0, 0.05) is 17.8 Å². The van der Waals surface area contributed by atoms with E-state index in [1.165, 1.54) is 29.2 Å². The second kappa shape index (κ2) is 11.1. The molecular formula is C28H26N2O8. The van der Waals surface area contributed by atoms with Crippen LogP contribution in [0.5, 0.6) is 5.75 Å². The summed E-state index contributed by atoms with van der Waals surface area (Å²) >= 11 is 0. The number of carbonyl (C=O) groups is 3. The van der Waals surface area contributed by atoms with Gasteiger partial charge < -0.3 is 19.1 Å². The summed E-state index contributed by atoms with van der Waals surface area (Å²) in [5, 5.41) is 11.3. The number of hydrogen-bond acceptors (Lipinski definition) is 9. The highest BCUT2D eigenvalue weighted by Crippen LogP contribution is 2.53. The molecule has 0 spiro atoms. The van der Waals surface area contributed by atoms with Gasteiger partial charge >= 0.3 is 17.9 Å². The number of benzene rings is 3. The summed E-state index contributed by atoms with van der Waals surface area (Å²) in [7, 11) is 0. The van der Waals surface area contributed by atoms with Crippen molar-refractivity contribution in [1.29, 1.82) is 0 Å². The molecule has 0 bridgehead atoms. The molecule has 3 aromatic carbocycles. The van der Waals surface area contributed by atoms with Crippen molar-refractivity contribution in [1.82, 2.24) is 0 Å². The van der Waals surface area contributed by atoms with Crippen LogP contribution in [0.3, 0.4) is 0 Å². The summed E-state index contributed by atoms with van der Waals surface area (Å²) < 4.78 is 16.4. The number of ether oxygens (including phenoxy) is 3. The monoisotopic (exact) mass is 518 g/mol. The van der Waals surface area contributed by atoms with E-state index in [4.69, 9.17) is 14.2 Å². The van der Waals surface area contributed by atoms with Crippen molar-refractivity contribution < 1.29 is 33.5 Å². The van der Waals surface area contributed by atoms with Crippen LogP contribution in [0.25, 0.3) is 0 Å². The second-order valence-electron chi connectivity index (χ2n) is 8.42. The van der Waals surface area contributed by atoms with Crippen molar-refractivity contribution in [3.05, 3.63) is 101 Å². The number of carbonyl (C=O) groups excluding carboxylic acids is 3. The number of nitro groups is 1. The van der Waals surface area contributed by atoms with Crippen LogP contribution in [0, 0.1) is 10.1 Å². The Bertz CT molecular complexity index is 1290. The summed E-state index contributed by atoms with van der Waals surface area (Å²) in [6.45, 7) is 3.14. The number of non-ortho nitro benzene ring substituents is 1. The standard InChI is InChI=1S/C28H26N2O8/c1-3-36-26(32)28(27(33)37-4-2)23(19-11-7-5-8-12-19)24(25(31)38-22-13-9-6-10-14-22)29(28)20-15-17-21(18-16-20)30(34)35/h5-18,23-24H,3-4H2,1-2H3. The Labute approximate surface area is 218 Å². The van der Waals surface area contributed by atoms with Crippen LogP contribution in [0.4, 0.5) is 11.4 Å². The minimum Gasteiger partial charge on any atom is -0.464 e. The molecule has 1 fully saturated rings. The average Bonchev–Trinajstić information content (AvgIpc) is 2.90. The van der Waals surface area contributed by atoms with Gasteiger partial charge in [-0.15, -0.1) is 0 Å². The molecule has 1 saturated heterocycles.